The molecule has 3 nitrogen and oxygen atoms in total. The molecule has 0 aromatic heterocycles. The molecule has 0 aliphatic rings. The first-order valence-electron chi connectivity index (χ1n) is 9.16. The number of unbranched alkanes of at least 4 members (excludes halogenated alkanes) is 3. The standard InChI is InChI=1S/C21H28N2OS/c1-2-3-4-5-7-18-8-10-19(11-9-18)22-23-20-12-14-21(15-13-20)24-16-6-17-25/h8-15,25H,2-7,16-17H2,1H3. The predicted octanol–water partition coefficient (Wildman–Crippen LogP) is 6.92. The number of nitrogens with zero attached hydrogens (tertiary/aromatic N) is 2. The lowest BCUT2D eigenvalue weighted by Gasteiger charge is -2.04. The second-order valence-corrected chi connectivity index (χ2v) is 6.54. The van der Waals surface area contributed by atoms with Gasteiger partial charge in [-0.05, 0) is 67.0 Å². The lowest BCUT2D eigenvalue weighted by Crippen LogP contribution is -1.97. The van der Waals surface area contributed by atoms with E-state index in [-0.39, 0.29) is 0 Å². The molecule has 0 aliphatic carbocycles. The third-order valence-electron chi connectivity index (χ3n) is 3.94. The molecule has 2 aromatic carbocycles. The van der Waals surface area contributed by atoms with E-state index in [9.17, 15) is 0 Å². The van der Waals surface area contributed by atoms with Crippen molar-refractivity contribution in [1.82, 2.24) is 0 Å². The monoisotopic (exact) mass is 356 g/mol. The molecule has 25 heavy (non-hydrogen) atoms. The van der Waals surface area contributed by atoms with Gasteiger partial charge in [0.05, 0.1) is 18.0 Å². The van der Waals surface area contributed by atoms with Crippen LogP contribution in [0.25, 0.3) is 0 Å². The maximum absolute atomic E-state index is 5.60. The molecule has 0 atom stereocenters. The van der Waals surface area contributed by atoms with Crippen molar-refractivity contribution >= 4 is 24.0 Å². The zero-order chi connectivity index (χ0) is 17.7. The smallest absolute Gasteiger partial charge is 0.119 e. The van der Waals surface area contributed by atoms with Crippen molar-refractivity contribution in [3.8, 4) is 5.75 Å². The molecule has 0 fully saturated rings. The van der Waals surface area contributed by atoms with E-state index in [1.54, 1.807) is 0 Å². The predicted molar refractivity (Wildman–Crippen MR) is 109 cm³/mol. The van der Waals surface area contributed by atoms with Gasteiger partial charge in [-0.15, -0.1) is 0 Å². The summed E-state index contributed by atoms with van der Waals surface area (Å²) in [5.74, 6) is 1.69. The van der Waals surface area contributed by atoms with Crippen LogP contribution in [0, 0.1) is 0 Å². The van der Waals surface area contributed by atoms with Crippen molar-refractivity contribution in [3.05, 3.63) is 54.1 Å². The molecule has 0 spiro atoms. The molecular formula is C21H28N2OS. The average Bonchev–Trinajstić information content (AvgIpc) is 2.66. The first-order chi connectivity index (χ1) is 12.3. The van der Waals surface area contributed by atoms with Crippen LogP contribution in [-0.2, 0) is 6.42 Å². The number of thiol groups is 1. The molecule has 0 saturated carbocycles. The third-order valence-corrected chi connectivity index (χ3v) is 4.26. The van der Waals surface area contributed by atoms with Gasteiger partial charge in [-0.25, -0.2) is 0 Å². The van der Waals surface area contributed by atoms with Crippen LogP contribution in [0.5, 0.6) is 5.75 Å². The molecule has 2 aromatic rings. The van der Waals surface area contributed by atoms with E-state index in [4.69, 9.17) is 4.74 Å². The van der Waals surface area contributed by atoms with Crippen LogP contribution in [0.4, 0.5) is 11.4 Å². The van der Waals surface area contributed by atoms with Gasteiger partial charge in [0, 0.05) is 0 Å². The summed E-state index contributed by atoms with van der Waals surface area (Å²) in [4.78, 5) is 0. The Morgan fingerprint density at radius 1 is 0.800 bits per heavy atom. The van der Waals surface area contributed by atoms with E-state index in [0.29, 0.717) is 6.61 Å². The summed E-state index contributed by atoms with van der Waals surface area (Å²) in [6.45, 7) is 2.93. The van der Waals surface area contributed by atoms with Gasteiger partial charge in [0.25, 0.3) is 0 Å². The summed E-state index contributed by atoms with van der Waals surface area (Å²) in [6.07, 6.45) is 7.27. The lowest BCUT2D eigenvalue weighted by molar-refractivity contribution is 0.319. The molecule has 134 valence electrons. The minimum Gasteiger partial charge on any atom is -0.494 e. The number of hydrogen-bond donors (Lipinski definition) is 1. The van der Waals surface area contributed by atoms with Gasteiger partial charge >= 0.3 is 0 Å². The lowest BCUT2D eigenvalue weighted by atomic mass is 10.1. The number of rotatable bonds is 11. The number of azo groups is 1. The van der Waals surface area contributed by atoms with Crippen molar-refractivity contribution in [1.29, 1.82) is 0 Å². The molecule has 2 rings (SSSR count). The Kier molecular flexibility index (Phi) is 9.13. The van der Waals surface area contributed by atoms with E-state index < -0.39 is 0 Å². The van der Waals surface area contributed by atoms with Crippen LogP contribution >= 0.6 is 12.6 Å². The molecule has 0 aliphatic heterocycles. The number of ether oxygens (including phenoxy) is 1. The molecule has 0 saturated heterocycles. The van der Waals surface area contributed by atoms with Gasteiger partial charge in [0.15, 0.2) is 0 Å². The van der Waals surface area contributed by atoms with Gasteiger partial charge in [0.2, 0.25) is 0 Å². The summed E-state index contributed by atoms with van der Waals surface area (Å²) in [5, 5.41) is 8.59. The zero-order valence-electron chi connectivity index (χ0n) is 15.0. The fourth-order valence-corrected chi connectivity index (χ4v) is 2.59. The molecule has 0 radical (unpaired) electrons. The van der Waals surface area contributed by atoms with Crippen molar-refractivity contribution in [2.75, 3.05) is 12.4 Å². The normalized spacial score (nSPS) is 11.1. The van der Waals surface area contributed by atoms with E-state index >= 15 is 0 Å². The summed E-state index contributed by atoms with van der Waals surface area (Å²) < 4.78 is 5.60. The first kappa shape index (κ1) is 19.5. The quantitative estimate of drug-likeness (QED) is 0.264. The van der Waals surface area contributed by atoms with Crippen LogP contribution in [0.3, 0.4) is 0 Å². The Hall–Kier alpha value is -1.81. The number of benzene rings is 2. The fourth-order valence-electron chi connectivity index (χ4n) is 2.46. The van der Waals surface area contributed by atoms with Gasteiger partial charge < -0.3 is 4.74 Å². The van der Waals surface area contributed by atoms with E-state index in [0.717, 1.165) is 35.7 Å². The van der Waals surface area contributed by atoms with Crippen LogP contribution in [0.1, 0.15) is 44.6 Å². The highest BCUT2D eigenvalue weighted by Gasteiger charge is 1.97. The number of aryl methyl sites for hydroxylation is 1. The summed E-state index contributed by atoms with van der Waals surface area (Å²) in [5.41, 5.74) is 3.08. The maximum Gasteiger partial charge on any atom is 0.119 e. The van der Waals surface area contributed by atoms with Crippen LogP contribution < -0.4 is 4.74 Å². The molecule has 0 unspecified atom stereocenters. The second kappa shape index (κ2) is 11.7. The molecule has 4 heteroatoms. The second-order valence-electron chi connectivity index (χ2n) is 6.10. The molecule has 0 N–H and O–H groups in total. The molecular weight excluding hydrogens is 328 g/mol. The Morgan fingerprint density at radius 3 is 2.04 bits per heavy atom. The highest BCUT2D eigenvalue weighted by molar-refractivity contribution is 7.80. The van der Waals surface area contributed by atoms with Crippen molar-refractivity contribution in [2.45, 2.75) is 45.4 Å². The Morgan fingerprint density at radius 2 is 1.44 bits per heavy atom. The highest BCUT2D eigenvalue weighted by Crippen LogP contribution is 2.22. The number of hydrogen-bond acceptors (Lipinski definition) is 4. The minimum absolute atomic E-state index is 0.690. The van der Waals surface area contributed by atoms with Gasteiger partial charge in [-0.3, -0.25) is 0 Å². The SMILES string of the molecule is CCCCCCc1ccc(N=Nc2ccc(OCCCS)cc2)cc1. The van der Waals surface area contributed by atoms with Gasteiger partial charge in [-0.2, -0.15) is 22.9 Å². The van der Waals surface area contributed by atoms with E-state index in [2.05, 4.69) is 41.9 Å². The van der Waals surface area contributed by atoms with Crippen LogP contribution in [-0.4, -0.2) is 12.4 Å². The van der Waals surface area contributed by atoms with Crippen LogP contribution in [0.2, 0.25) is 0 Å². The topological polar surface area (TPSA) is 34.0 Å². The third kappa shape index (κ3) is 7.74. The zero-order valence-corrected chi connectivity index (χ0v) is 15.9. The Balaban J connectivity index is 1.82. The summed E-state index contributed by atoms with van der Waals surface area (Å²) in [6, 6.07) is 16.1. The molecule has 0 heterocycles. The van der Waals surface area contributed by atoms with Crippen molar-refractivity contribution in [3.63, 3.8) is 0 Å². The first-order valence-corrected chi connectivity index (χ1v) is 9.79. The summed E-state index contributed by atoms with van der Waals surface area (Å²) in [7, 11) is 0. The van der Waals surface area contributed by atoms with Crippen LogP contribution in [0.15, 0.2) is 58.8 Å². The van der Waals surface area contributed by atoms with Gasteiger partial charge in [-0.1, -0.05) is 38.3 Å². The average molecular weight is 357 g/mol. The molecule has 0 bridgehead atoms. The maximum atomic E-state index is 5.60. The fraction of sp³-hybridized carbons (Fsp3) is 0.429. The van der Waals surface area contributed by atoms with E-state index in [1.165, 1.54) is 31.2 Å². The summed E-state index contributed by atoms with van der Waals surface area (Å²) >= 11 is 4.17. The molecule has 0 amide bonds. The van der Waals surface area contributed by atoms with Gasteiger partial charge in [0.1, 0.15) is 5.75 Å². The largest absolute Gasteiger partial charge is 0.494 e. The van der Waals surface area contributed by atoms with E-state index in [1.807, 2.05) is 36.4 Å². The highest BCUT2D eigenvalue weighted by atomic mass is 32.1. The van der Waals surface area contributed by atoms with Crippen molar-refractivity contribution < 1.29 is 4.74 Å². The minimum atomic E-state index is 0.690. The Labute approximate surface area is 156 Å². The Bertz CT molecular complexity index is 623. The van der Waals surface area contributed by atoms with Crippen molar-refractivity contribution in [2.24, 2.45) is 10.2 Å².